The summed E-state index contributed by atoms with van der Waals surface area (Å²) in [4.78, 5) is 20.8. The summed E-state index contributed by atoms with van der Waals surface area (Å²) in [6.45, 7) is 8.49. The molecule has 0 atom stereocenters. The Hall–Kier alpha value is -2.61. The number of thiazole rings is 1. The van der Waals surface area contributed by atoms with Gasteiger partial charge in [-0.05, 0) is 69.1 Å². The fourth-order valence-corrected chi connectivity index (χ4v) is 5.31. The monoisotopic (exact) mass is 475 g/mol. The van der Waals surface area contributed by atoms with E-state index < -0.39 is 0 Å². The fraction of sp³-hybridized carbons (Fsp3) is 0.444. The minimum absolute atomic E-state index is 0.220. The normalized spacial score (nSPS) is 14.0. The molecule has 178 valence electrons. The maximum atomic E-state index is 12.7. The average Bonchev–Trinajstić information content (AvgIpc) is 3.51. The van der Waals surface area contributed by atoms with E-state index in [-0.39, 0.29) is 5.78 Å². The zero-order valence-corrected chi connectivity index (χ0v) is 20.9. The zero-order valence-electron chi connectivity index (χ0n) is 20.1. The van der Waals surface area contributed by atoms with E-state index >= 15 is 0 Å². The van der Waals surface area contributed by atoms with Crippen LogP contribution in [0.2, 0.25) is 0 Å². The molecule has 0 radical (unpaired) electrons. The first-order chi connectivity index (χ1) is 16.6. The summed E-state index contributed by atoms with van der Waals surface area (Å²) in [5.74, 6) is 0.959. The molecule has 1 aliphatic rings. The van der Waals surface area contributed by atoms with Crippen LogP contribution in [-0.4, -0.2) is 51.0 Å². The van der Waals surface area contributed by atoms with Gasteiger partial charge in [0.25, 0.3) is 0 Å². The van der Waals surface area contributed by atoms with E-state index in [1.807, 2.05) is 22.7 Å². The smallest absolute Gasteiger partial charge is 0.213 e. The van der Waals surface area contributed by atoms with Crippen LogP contribution in [0.15, 0.2) is 42.5 Å². The van der Waals surface area contributed by atoms with Crippen LogP contribution in [0.5, 0.6) is 0 Å². The molecule has 0 spiro atoms. The molecule has 1 fully saturated rings. The molecule has 0 bridgehead atoms. The van der Waals surface area contributed by atoms with Gasteiger partial charge in [-0.2, -0.15) is 4.98 Å². The Balaban J connectivity index is 1.25. The number of hydrogen-bond acceptors (Lipinski definition) is 6. The first-order valence-corrected chi connectivity index (χ1v) is 13.3. The van der Waals surface area contributed by atoms with Crippen LogP contribution in [-0.2, 0) is 6.54 Å². The first-order valence-electron chi connectivity index (χ1n) is 12.5. The van der Waals surface area contributed by atoms with E-state index in [4.69, 9.17) is 10.1 Å². The number of Topliss-reactive ketones (excluding diaryl/α,β-unsaturated/α-hetero) is 1. The molecule has 5 rings (SSSR count). The van der Waals surface area contributed by atoms with Crippen molar-refractivity contribution in [2.45, 2.75) is 58.5 Å². The number of carbonyl (C=O) groups excluding carboxylic acids is 1. The topological polar surface area (TPSA) is 62.5 Å². The van der Waals surface area contributed by atoms with Crippen molar-refractivity contribution in [3.63, 3.8) is 0 Å². The Labute approximate surface area is 205 Å². The van der Waals surface area contributed by atoms with Crippen molar-refractivity contribution in [2.24, 2.45) is 0 Å². The highest BCUT2D eigenvalue weighted by Crippen LogP contribution is 2.29. The number of fused-ring (bicyclic) bond motifs is 3. The summed E-state index contributed by atoms with van der Waals surface area (Å²) < 4.78 is 2.95. The number of benzene rings is 2. The summed E-state index contributed by atoms with van der Waals surface area (Å²) in [6.07, 6.45) is 5.19. The highest BCUT2D eigenvalue weighted by atomic mass is 32.1. The summed E-state index contributed by atoms with van der Waals surface area (Å²) in [5.41, 5.74) is 4.10. The van der Waals surface area contributed by atoms with Crippen LogP contribution >= 0.6 is 11.3 Å². The molecule has 2 heterocycles. The Morgan fingerprint density at radius 3 is 2.65 bits per heavy atom. The van der Waals surface area contributed by atoms with Crippen molar-refractivity contribution < 1.29 is 4.79 Å². The highest BCUT2D eigenvalue weighted by Gasteiger charge is 2.20. The number of aromatic nitrogens is 3. The second-order valence-corrected chi connectivity index (χ2v) is 10.2. The van der Waals surface area contributed by atoms with Crippen LogP contribution in [0.1, 0.15) is 61.9 Å². The zero-order chi connectivity index (χ0) is 23.5. The quantitative estimate of drug-likeness (QED) is 0.215. The minimum Gasteiger partial charge on any atom is -0.310 e. The van der Waals surface area contributed by atoms with Gasteiger partial charge in [0.05, 0.1) is 10.2 Å². The summed E-state index contributed by atoms with van der Waals surface area (Å²) in [5, 5.41) is 8.31. The maximum Gasteiger partial charge on any atom is 0.213 e. The van der Waals surface area contributed by atoms with Gasteiger partial charge in [0.15, 0.2) is 11.6 Å². The number of hydrogen-bond donors (Lipinski definition) is 1. The second-order valence-electron chi connectivity index (χ2n) is 9.17. The molecule has 1 saturated carbocycles. The highest BCUT2D eigenvalue weighted by molar-refractivity contribution is 7.23. The summed E-state index contributed by atoms with van der Waals surface area (Å²) >= 11 is 1.59. The lowest BCUT2D eigenvalue weighted by Crippen LogP contribution is -2.24. The van der Waals surface area contributed by atoms with Crippen molar-refractivity contribution in [1.82, 2.24) is 24.8 Å². The molecule has 4 aromatic rings. The standard InChI is InChI=1S/C27H33N5OS/c1-3-31(4-2)16-6-5-7-24(33)21-12-15-23-25(17-21)34-27-29-26(30-32(23)27)20-10-8-19(9-11-20)18-28-22-13-14-22/h8-12,15,17,22,28H,3-7,13-14,16,18H2,1-2H3. The van der Waals surface area contributed by atoms with E-state index in [2.05, 4.69) is 48.3 Å². The van der Waals surface area contributed by atoms with Crippen molar-refractivity contribution >= 4 is 32.3 Å². The summed E-state index contributed by atoms with van der Waals surface area (Å²) in [7, 11) is 0. The molecule has 0 unspecified atom stereocenters. The third-order valence-corrected chi connectivity index (χ3v) is 7.69. The summed E-state index contributed by atoms with van der Waals surface area (Å²) in [6, 6.07) is 15.2. The lowest BCUT2D eigenvalue weighted by molar-refractivity contribution is 0.0978. The van der Waals surface area contributed by atoms with E-state index in [1.165, 1.54) is 18.4 Å². The lowest BCUT2D eigenvalue weighted by Gasteiger charge is -2.17. The van der Waals surface area contributed by atoms with E-state index in [9.17, 15) is 4.79 Å². The van der Waals surface area contributed by atoms with Gasteiger partial charge in [-0.3, -0.25) is 4.79 Å². The van der Waals surface area contributed by atoms with Crippen LogP contribution in [0.25, 0.3) is 26.6 Å². The number of ketones is 1. The molecular formula is C27H33N5OS. The third-order valence-electron chi connectivity index (χ3n) is 6.70. The van der Waals surface area contributed by atoms with Crippen LogP contribution in [0.4, 0.5) is 0 Å². The maximum absolute atomic E-state index is 12.7. The van der Waals surface area contributed by atoms with E-state index in [1.54, 1.807) is 11.3 Å². The second kappa shape index (κ2) is 10.3. The molecule has 0 aliphatic heterocycles. The fourth-order valence-electron chi connectivity index (χ4n) is 4.31. The molecule has 1 N–H and O–H groups in total. The number of rotatable bonds is 12. The molecule has 2 aromatic carbocycles. The van der Waals surface area contributed by atoms with Gasteiger partial charge in [0.1, 0.15) is 0 Å². The Morgan fingerprint density at radius 1 is 1.12 bits per heavy atom. The van der Waals surface area contributed by atoms with Gasteiger partial charge in [-0.15, -0.1) is 5.10 Å². The molecule has 0 saturated heterocycles. The van der Waals surface area contributed by atoms with Gasteiger partial charge >= 0.3 is 0 Å². The predicted molar refractivity (Wildman–Crippen MR) is 140 cm³/mol. The minimum atomic E-state index is 0.220. The molecule has 34 heavy (non-hydrogen) atoms. The van der Waals surface area contributed by atoms with Gasteiger partial charge in [0, 0.05) is 30.1 Å². The largest absolute Gasteiger partial charge is 0.310 e. The van der Waals surface area contributed by atoms with E-state index in [0.717, 1.165) is 71.1 Å². The van der Waals surface area contributed by atoms with Gasteiger partial charge in [-0.1, -0.05) is 49.4 Å². The van der Waals surface area contributed by atoms with Crippen molar-refractivity contribution in [1.29, 1.82) is 0 Å². The van der Waals surface area contributed by atoms with Crippen molar-refractivity contribution in [2.75, 3.05) is 19.6 Å². The van der Waals surface area contributed by atoms with Crippen LogP contribution < -0.4 is 5.32 Å². The molecular weight excluding hydrogens is 442 g/mol. The van der Waals surface area contributed by atoms with Crippen molar-refractivity contribution in [3.8, 4) is 11.4 Å². The number of carbonyl (C=O) groups is 1. The Kier molecular flexibility index (Phi) is 7.04. The third kappa shape index (κ3) is 5.22. The number of nitrogens with zero attached hydrogens (tertiary/aromatic N) is 4. The van der Waals surface area contributed by atoms with Gasteiger partial charge in [0.2, 0.25) is 4.96 Å². The molecule has 0 amide bonds. The molecule has 1 aliphatic carbocycles. The van der Waals surface area contributed by atoms with Gasteiger partial charge in [-0.25, -0.2) is 4.52 Å². The number of nitrogens with one attached hydrogen (secondary N) is 1. The van der Waals surface area contributed by atoms with Crippen LogP contribution in [0, 0.1) is 0 Å². The molecule has 6 nitrogen and oxygen atoms in total. The average molecular weight is 476 g/mol. The predicted octanol–water partition coefficient (Wildman–Crippen LogP) is 5.56. The van der Waals surface area contributed by atoms with Crippen LogP contribution in [0.3, 0.4) is 0 Å². The SMILES string of the molecule is CCN(CC)CCCCC(=O)c1ccc2c(c1)sc1nc(-c3ccc(CNC4CC4)cc3)nn12. The Morgan fingerprint density at radius 2 is 1.91 bits per heavy atom. The van der Waals surface area contributed by atoms with Gasteiger partial charge < -0.3 is 10.2 Å². The van der Waals surface area contributed by atoms with Crippen molar-refractivity contribution in [3.05, 3.63) is 53.6 Å². The molecule has 7 heteroatoms. The lowest BCUT2D eigenvalue weighted by atomic mass is 10.1. The van der Waals surface area contributed by atoms with E-state index in [0.29, 0.717) is 12.5 Å². The molecule has 2 aromatic heterocycles. The Bertz CT molecular complexity index is 1270. The first kappa shape index (κ1) is 23.1. The number of unbranched alkanes of at least 4 members (excludes halogenated alkanes) is 1.